The van der Waals surface area contributed by atoms with E-state index in [1.165, 1.54) is 4.68 Å². The molecule has 2 rings (SSSR count). The molecule has 1 aromatic carbocycles. The van der Waals surface area contributed by atoms with Crippen molar-refractivity contribution in [3.63, 3.8) is 0 Å². The number of nitrogens with zero attached hydrogens (tertiary/aromatic N) is 3. The molecule has 2 N–H and O–H groups in total. The number of carboxylic acid groups (broad SMARTS) is 1. The normalized spacial score (nSPS) is 10.8. The molecule has 0 spiro atoms. The number of hydrogen-bond donors (Lipinski definition) is 2. The van der Waals surface area contributed by atoms with E-state index in [-0.39, 0.29) is 11.6 Å². The van der Waals surface area contributed by atoms with Crippen LogP contribution < -0.4 is 5.32 Å². The molecule has 0 saturated carbocycles. The molecule has 1 amide bonds. The lowest BCUT2D eigenvalue weighted by Crippen LogP contribution is -2.27. The Morgan fingerprint density at radius 3 is 2.46 bits per heavy atom. The summed E-state index contributed by atoms with van der Waals surface area (Å²) in [6, 6.07) is 6.87. The van der Waals surface area contributed by atoms with Gasteiger partial charge in [0.15, 0.2) is 5.69 Å². The van der Waals surface area contributed by atoms with Crippen molar-refractivity contribution >= 4 is 11.9 Å². The topological polar surface area (TPSA) is 97.1 Å². The average molecular weight is 330 g/mol. The van der Waals surface area contributed by atoms with Crippen molar-refractivity contribution in [3.8, 4) is 5.69 Å². The predicted molar refractivity (Wildman–Crippen MR) is 89.5 cm³/mol. The van der Waals surface area contributed by atoms with Crippen LogP contribution in [0.2, 0.25) is 0 Å². The highest BCUT2D eigenvalue weighted by molar-refractivity contribution is 5.94. The summed E-state index contributed by atoms with van der Waals surface area (Å²) in [6.45, 7) is 6.64. The largest absolute Gasteiger partial charge is 0.476 e. The van der Waals surface area contributed by atoms with Gasteiger partial charge in [0, 0.05) is 12.1 Å². The van der Waals surface area contributed by atoms with E-state index < -0.39 is 5.97 Å². The zero-order valence-corrected chi connectivity index (χ0v) is 14.1. The van der Waals surface area contributed by atoms with Crippen molar-refractivity contribution in [3.05, 3.63) is 41.2 Å². The van der Waals surface area contributed by atoms with Gasteiger partial charge in [0.2, 0.25) is 0 Å². The molecule has 0 aliphatic heterocycles. The maximum atomic E-state index is 12.0. The van der Waals surface area contributed by atoms with E-state index in [0.717, 1.165) is 6.42 Å². The van der Waals surface area contributed by atoms with E-state index in [2.05, 4.69) is 15.6 Å². The van der Waals surface area contributed by atoms with Crippen LogP contribution in [0.15, 0.2) is 24.3 Å². The number of aromatic nitrogens is 3. The molecule has 0 atom stereocenters. The molecule has 1 heterocycles. The van der Waals surface area contributed by atoms with Crippen LogP contribution >= 0.6 is 0 Å². The minimum absolute atomic E-state index is 0.0318. The molecule has 1 aromatic heterocycles. The summed E-state index contributed by atoms with van der Waals surface area (Å²) in [5, 5.41) is 19.8. The second-order valence-corrected chi connectivity index (χ2v) is 6.00. The van der Waals surface area contributed by atoms with E-state index in [0.29, 0.717) is 35.8 Å². The highest BCUT2D eigenvalue weighted by atomic mass is 16.4. The van der Waals surface area contributed by atoms with Crippen molar-refractivity contribution in [1.82, 2.24) is 20.3 Å². The first-order valence-electron chi connectivity index (χ1n) is 8.00. The highest BCUT2D eigenvalue weighted by Gasteiger charge is 2.19. The van der Waals surface area contributed by atoms with Gasteiger partial charge in [-0.25, -0.2) is 9.48 Å². The van der Waals surface area contributed by atoms with Crippen LogP contribution in [0.4, 0.5) is 0 Å². The monoisotopic (exact) mass is 330 g/mol. The van der Waals surface area contributed by atoms with Crippen molar-refractivity contribution in [2.45, 2.75) is 33.6 Å². The zero-order chi connectivity index (χ0) is 17.7. The molecule has 128 valence electrons. The van der Waals surface area contributed by atoms with Gasteiger partial charge in [-0.3, -0.25) is 4.79 Å². The fourth-order valence-electron chi connectivity index (χ4n) is 2.29. The number of hydrogen-bond acceptors (Lipinski definition) is 4. The molecule has 0 aliphatic carbocycles. The second kappa shape index (κ2) is 7.72. The predicted octanol–water partition coefficient (Wildman–Crippen LogP) is 2.30. The molecule has 0 aliphatic rings. The summed E-state index contributed by atoms with van der Waals surface area (Å²) >= 11 is 0. The Morgan fingerprint density at radius 1 is 1.25 bits per heavy atom. The standard InChI is InChI=1S/C17H22N4O3/c1-4-5-14-15(17(23)24)19-20-21(14)13-8-6-12(7-9-13)16(22)18-10-11(2)3/h6-9,11H,4-5,10H2,1-3H3,(H,18,22)(H,23,24). The Hall–Kier alpha value is -2.70. The van der Waals surface area contributed by atoms with Crippen LogP contribution in [-0.2, 0) is 6.42 Å². The number of carbonyl (C=O) groups excluding carboxylic acids is 1. The third kappa shape index (κ3) is 3.98. The third-order valence-corrected chi connectivity index (χ3v) is 3.50. The molecule has 0 saturated heterocycles. The molecule has 0 fully saturated rings. The van der Waals surface area contributed by atoms with Crippen LogP contribution in [-0.4, -0.2) is 38.5 Å². The maximum Gasteiger partial charge on any atom is 0.358 e. The van der Waals surface area contributed by atoms with Gasteiger partial charge in [0.05, 0.1) is 11.4 Å². The van der Waals surface area contributed by atoms with Gasteiger partial charge in [0.1, 0.15) is 0 Å². The molecule has 0 bridgehead atoms. The number of nitrogens with one attached hydrogen (secondary N) is 1. The minimum Gasteiger partial charge on any atom is -0.476 e. The molecule has 24 heavy (non-hydrogen) atoms. The van der Waals surface area contributed by atoms with E-state index in [1.807, 2.05) is 20.8 Å². The van der Waals surface area contributed by atoms with Gasteiger partial charge in [-0.2, -0.15) is 0 Å². The molecule has 7 nitrogen and oxygen atoms in total. The van der Waals surface area contributed by atoms with Crippen LogP contribution in [0.3, 0.4) is 0 Å². The SMILES string of the molecule is CCCc1c(C(=O)O)nnn1-c1ccc(C(=O)NCC(C)C)cc1. The van der Waals surface area contributed by atoms with Crippen LogP contribution in [0.5, 0.6) is 0 Å². The van der Waals surface area contributed by atoms with Crippen molar-refractivity contribution in [1.29, 1.82) is 0 Å². The minimum atomic E-state index is -1.09. The van der Waals surface area contributed by atoms with Crippen molar-refractivity contribution in [2.75, 3.05) is 6.54 Å². The number of aromatic carboxylic acids is 1. The fourth-order valence-corrected chi connectivity index (χ4v) is 2.29. The molecule has 0 unspecified atom stereocenters. The molecule has 2 aromatic rings. The molecular weight excluding hydrogens is 308 g/mol. The lowest BCUT2D eigenvalue weighted by molar-refractivity contribution is 0.0689. The lowest BCUT2D eigenvalue weighted by Gasteiger charge is -2.09. The second-order valence-electron chi connectivity index (χ2n) is 6.00. The van der Waals surface area contributed by atoms with E-state index in [4.69, 9.17) is 0 Å². The Bertz CT molecular complexity index is 720. The smallest absolute Gasteiger partial charge is 0.358 e. The van der Waals surface area contributed by atoms with Gasteiger partial charge in [-0.15, -0.1) is 5.10 Å². The van der Waals surface area contributed by atoms with Crippen LogP contribution in [0, 0.1) is 5.92 Å². The first-order valence-corrected chi connectivity index (χ1v) is 8.00. The Morgan fingerprint density at radius 2 is 1.92 bits per heavy atom. The van der Waals surface area contributed by atoms with E-state index >= 15 is 0 Å². The van der Waals surface area contributed by atoms with E-state index in [9.17, 15) is 14.7 Å². The first-order chi connectivity index (χ1) is 11.4. The maximum absolute atomic E-state index is 12.0. The van der Waals surface area contributed by atoms with Gasteiger partial charge in [0.25, 0.3) is 5.91 Å². The third-order valence-electron chi connectivity index (χ3n) is 3.50. The van der Waals surface area contributed by atoms with Crippen LogP contribution in [0.25, 0.3) is 5.69 Å². The Balaban J connectivity index is 2.25. The number of rotatable bonds is 7. The number of carbonyl (C=O) groups is 2. The summed E-state index contributed by atoms with van der Waals surface area (Å²) < 4.78 is 1.52. The van der Waals surface area contributed by atoms with Gasteiger partial charge >= 0.3 is 5.97 Å². The Kier molecular flexibility index (Phi) is 5.68. The summed E-state index contributed by atoms with van der Waals surface area (Å²) in [6.07, 6.45) is 1.34. The number of amides is 1. The van der Waals surface area contributed by atoms with Gasteiger partial charge < -0.3 is 10.4 Å². The molecular formula is C17H22N4O3. The number of carboxylic acids is 1. The average Bonchev–Trinajstić information content (AvgIpc) is 2.97. The summed E-state index contributed by atoms with van der Waals surface area (Å²) in [4.78, 5) is 23.3. The highest BCUT2D eigenvalue weighted by Crippen LogP contribution is 2.16. The summed E-state index contributed by atoms with van der Waals surface area (Å²) in [7, 11) is 0. The van der Waals surface area contributed by atoms with Crippen LogP contribution in [0.1, 0.15) is 53.7 Å². The van der Waals surface area contributed by atoms with Gasteiger partial charge in [-0.1, -0.05) is 32.4 Å². The fraction of sp³-hybridized carbons (Fsp3) is 0.412. The zero-order valence-electron chi connectivity index (χ0n) is 14.1. The quantitative estimate of drug-likeness (QED) is 0.812. The van der Waals surface area contributed by atoms with E-state index in [1.54, 1.807) is 24.3 Å². The lowest BCUT2D eigenvalue weighted by atomic mass is 10.1. The summed E-state index contributed by atoms with van der Waals surface area (Å²) in [5.74, 6) is -0.836. The van der Waals surface area contributed by atoms with Crippen molar-refractivity contribution < 1.29 is 14.7 Å². The summed E-state index contributed by atoms with van der Waals surface area (Å²) in [5.41, 5.74) is 1.76. The first kappa shape index (κ1) is 17.7. The molecule has 7 heteroatoms. The Labute approximate surface area is 140 Å². The van der Waals surface area contributed by atoms with Crippen molar-refractivity contribution in [2.24, 2.45) is 5.92 Å². The molecule has 0 radical (unpaired) electrons. The number of benzene rings is 1. The van der Waals surface area contributed by atoms with Gasteiger partial charge in [-0.05, 0) is 36.6 Å².